The Hall–Kier alpha value is -3.93. The van der Waals surface area contributed by atoms with Gasteiger partial charge in [0.05, 0.1) is 10.9 Å². The third-order valence-electron chi connectivity index (χ3n) is 4.72. The van der Waals surface area contributed by atoms with Crippen LogP contribution in [0.1, 0.15) is 17.3 Å². The molecule has 0 aliphatic rings. The summed E-state index contributed by atoms with van der Waals surface area (Å²) in [5.74, 6) is -0.0174. The van der Waals surface area contributed by atoms with Gasteiger partial charge in [-0.3, -0.25) is 25.0 Å². The van der Waals surface area contributed by atoms with Crippen molar-refractivity contribution in [2.24, 2.45) is 0 Å². The summed E-state index contributed by atoms with van der Waals surface area (Å²) in [5, 5.41) is 0.542. The Kier molecular flexibility index (Phi) is 5.07. The maximum Gasteiger partial charge on any atom is 0.270 e. The minimum Gasteiger partial charge on any atom is -0.277 e. The van der Waals surface area contributed by atoms with Gasteiger partial charge in [-0.2, -0.15) is 0 Å². The van der Waals surface area contributed by atoms with Gasteiger partial charge in [-0.15, -0.1) is 0 Å². The fourth-order valence-electron chi connectivity index (χ4n) is 3.29. The molecule has 0 aliphatic heterocycles. The first-order chi connectivity index (χ1) is 14.2. The molecule has 0 atom stereocenters. The molecule has 3 aromatic carbocycles. The molecule has 1 heterocycles. The summed E-state index contributed by atoms with van der Waals surface area (Å²) in [4.78, 5) is 30.1. The van der Waals surface area contributed by atoms with Crippen LogP contribution in [0.4, 0.5) is 5.95 Å². The number of anilines is 1. The van der Waals surface area contributed by atoms with Gasteiger partial charge in [-0.1, -0.05) is 60.7 Å². The number of aromatic nitrogens is 2. The van der Waals surface area contributed by atoms with Crippen LogP contribution in [0.15, 0.2) is 83.7 Å². The van der Waals surface area contributed by atoms with Gasteiger partial charge in [0.25, 0.3) is 11.5 Å². The maximum atomic E-state index is 12.9. The normalized spacial score (nSPS) is 10.7. The minimum atomic E-state index is -0.311. The number of fused-ring (bicyclic) bond motifs is 1. The molecule has 0 saturated heterocycles. The number of carbonyl (C=O) groups excluding carboxylic acids is 1. The van der Waals surface area contributed by atoms with Gasteiger partial charge in [0, 0.05) is 12.1 Å². The molecular weight excluding hydrogens is 364 g/mol. The number of para-hydroxylation sites is 1. The smallest absolute Gasteiger partial charge is 0.270 e. The van der Waals surface area contributed by atoms with Crippen LogP contribution >= 0.6 is 0 Å². The SMILES string of the molecule is CCn1c(NNC(=O)c2ccccc2-c2ccccc2)nc2ccccc2c1=O. The number of rotatable bonds is 5. The zero-order valence-corrected chi connectivity index (χ0v) is 15.9. The number of nitrogens with one attached hydrogen (secondary N) is 2. The summed E-state index contributed by atoms with van der Waals surface area (Å²) in [7, 11) is 0. The van der Waals surface area contributed by atoms with Crippen LogP contribution in [0.3, 0.4) is 0 Å². The van der Waals surface area contributed by atoms with Crippen molar-refractivity contribution in [3.8, 4) is 11.1 Å². The van der Waals surface area contributed by atoms with Crippen molar-refractivity contribution < 1.29 is 4.79 Å². The highest BCUT2D eigenvalue weighted by Gasteiger charge is 2.14. The van der Waals surface area contributed by atoms with E-state index in [-0.39, 0.29) is 11.5 Å². The highest BCUT2D eigenvalue weighted by atomic mass is 16.2. The first-order valence-electron chi connectivity index (χ1n) is 9.39. The lowest BCUT2D eigenvalue weighted by Gasteiger charge is -2.15. The fourth-order valence-corrected chi connectivity index (χ4v) is 3.29. The Morgan fingerprint density at radius 1 is 0.931 bits per heavy atom. The van der Waals surface area contributed by atoms with E-state index in [1.807, 2.05) is 61.5 Å². The Morgan fingerprint density at radius 3 is 2.41 bits per heavy atom. The van der Waals surface area contributed by atoms with E-state index < -0.39 is 0 Å². The van der Waals surface area contributed by atoms with E-state index in [4.69, 9.17) is 0 Å². The molecule has 6 nitrogen and oxygen atoms in total. The first kappa shape index (κ1) is 18.4. The van der Waals surface area contributed by atoms with Gasteiger partial charge in [0.1, 0.15) is 0 Å². The molecule has 0 aliphatic carbocycles. The molecule has 144 valence electrons. The van der Waals surface area contributed by atoms with Crippen LogP contribution in [0.25, 0.3) is 22.0 Å². The molecule has 1 amide bonds. The lowest BCUT2D eigenvalue weighted by molar-refractivity contribution is 0.0962. The maximum absolute atomic E-state index is 12.9. The van der Waals surface area contributed by atoms with E-state index in [9.17, 15) is 9.59 Å². The number of hydrazine groups is 1. The van der Waals surface area contributed by atoms with Gasteiger partial charge in [0.15, 0.2) is 0 Å². The van der Waals surface area contributed by atoms with E-state index in [0.29, 0.717) is 29.0 Å². The molecule has 0 bridgehead atoms. The molecule has 29 heavy (non-hydrogen) atoms. The van der Waals surface area contributed by atoms with E-state index in [2.05, 4.69) is 15.8 Å². The third kappa shape index (κ3) is 3.60. The largest absolute Gasteiger partial charge is 0.277 e. The second kappa shape index (κ2) is 7.98. The molecule has 0 radical (unpaired) electrons. The highest BCUT2D eigenvalue weighted by molar-refractivity contribution is 6.01. The zero-order valence-electron chi connectivity index (χ0n) is 15.9. The second-order valence-electron chi connectivity index (χ2n) is 6.49. The van der Waals surface area contributed by atoms with Crippen molar-refractivity contribution in [1.29, 1.82) is 0 Å². The summed E-state index contributed by atoms with van der Waals surface area (Å²) in [6, 6.07) is 24.2. The van der Waals surface area contributed by atoms with Crippen molar-refractivity contribution >= 4 is 22.8 Å². The summed E-state index contributed by atoms with van der Waals surface area (Å²) >= 11 is 0. The monoisotopic (exact) mass is 384 g/mol. The molecule has 0 saturated carbocycles. The van der Waals surface area contributed by atoms with Crippen LogP contribution in [-0.2, 0) is 6.54 Å². The Labute approximate surface area is 167 Å². The molecule has 0 unspecified atom stereocenters. The number of nitrogens with zero attached hydrogens (tertiary/aromatic N) is 2. The van der Waals surface area contributed by atoms with Gasteiger partial charge in [-0.25, -0.2) is 4.98 Å². The topological polar surface area (TPSA) is 76.0 Å². The van der Waals surface area contributed by atoms with Gasteiger partial charge in [-0.05, 0) is 36.2 Å². The average Bonchev–Trinajstić information content (AvgIpc) is 2.78. The molecule has 0 spiro atoms. The lowest BCUT2D eigenvalue weighted by atomic mass is 9.99. The summed E-state index contributed by atoms with van der Waals surface area (Å²) in [5.41, 5.74) is 8.23. The molecule has 0 fully saturated rings. The molecule has 1 aromatic heterocycles. The van der Waals surface area contributed by atoms with Crippen LogP contribution < -0.4 is 16.4 Å². The Bertz CT molecular complexity index is 1230. The first-order valence-corrected chi connectivity index (χ1v) is 9.39. The van der Waals surface area contributed by atoms with Crippen molar-refractivity contribution in [3.05, 3.63) is 94.8 Å². The van der Waals surface area contributed by atoms with Gasteiger partial charge in [0.2, 0.25) is 5.95 Å². The van der Waals surface area contributed by atoms with Crippen molar-refractivity contribution in [1.82, 2.24) is 15.0 Å². The quantitative estimate of drug-likeness (QED) is 0.513. The average molecular weight is 384 g/mol. The van der Waals surface area contributed by atoms with E-state index in [1.54, 1.807) is 24.3 Å². The third-order valence-corrected chi connectivity index (χ3v) is 4.72. The predicted molar refractivity (Wildman–Crippen MR) is 115 cm³/mol. The summed E-state index contributed by atoms with van der Waals surface area (Å²) in [6.45, 7) is 2.28. The number of carbonyl (C=O) groups is 1. The van der Waals surface area contributed by atoms with Crippen LogP contribution in [0.2, 0.25) is 0 Å². The van der Waals surface area contributed by atoms with E-state index in [1.165, 1.54) is 4.57 Å². The van der Waals surface area contributed by atoms with Gasteiger partial charge < -0.3 is 0 Å². The molecule has 6 heteroatoms. The number of hydrogen-bond donors (Lipinski definition) is 2. The standard InChI is InChI=1S/C23H20N4O2/c1-2-27-22(29)19-14-8-9-15-20(19)24-23(27)26-25-21(28)18-13-7-6-12-17(18)16-10-4-3-5-11-16/h3-15H,2H2,1H3,(H,24,26)(H,25,28). The Balaban J connectivity index is 1.64. The zero-order chi connectivity index (χ0) is 20.2. The second-order valence-corrected chi connectivity index (χ2v) is 6.49. The van der Waals surface area contributed by atoms with E-state index >= 15 is 0 Å². The van der Waals surface area contributed by atoms with Crippen molar-refractivity contribution in [2.75, 3.05) is 5.43 Å². The Morgan fingerprint density at radius 2 is 1.62 bits per heavy atom. The molecule has 4 aromatic rings. The number of benzene rings is 3. The number of amides is 1. The fraction of sp³-hybridized carbons (Fsp3) is 0.0870. The lowest BCUT2D eigenvalue weighted by Crippen LogP contribution is -2.34. The molecule has 2 N–H and O–H groups in total. The molecule has 4 rings (SSSR count). The van der Waals surface area contributed by atoms with Crippen LogP contribution in [0.5, 0.6) is 0 Å². The highest BCUT2D eigenvalue weighted by Crippen LogP contribution is 2.23. The van der Waals surface area contributed by atoms with E-state index in [0.717, 1.165) is 11.1 Å². The summed E-state index contributed by atoms with van der Waals surface area (Å²) < 4.78 is 1.49. The minimum absolute atomic E-state index is 0.153. The number of hydrogen-bond acceptors (Lipinski definition) is 4. The van der Waals surface area contributed by atoms with Gasteiger partial charge >= 0.3 is 0 Å². The van der Waals surface area contributed by atoms with Crippen LogP contribution in [-0.4, -0.2) is 15.5 Å². The predicted octanol–water partition coefficient (Wildman–Crippen LogP) is 3.84. The molecular formula is C23H20N4O2. The summed E-state index contributed by atoms with van der Waals surface area (Å²) in [6.07, 6.45) is 0. The van der Waals surface area contributed by atoms with Crippen molar-refractivity contribution in [2.45, 2.75) is 13.5 Å². The van der Waals surface area contributed by atoms with Crippen LogP contribution in [0, 0.1) is 0 Å². The van der Waals surface area contributed by atoms with Crippen molar-refractivity contribution in [3.63, 3.8) is 0 Å².